The molecule has 0 saturated carbocycles. The van der Waals surface area contributed by atoms with Gasteiger partial charge in [0.1, 0.15) is 28.9 Å². The molecule has 0 aliphatic rings. The Kier molecular flexibility index (Phi) is 19.6. The molecule has 0 spiro atoms. The van der Waals surface area contributed by atoms with Crippen LogP contribution in [0.2, 0.25) is 0 Å². The van der Waals surface area contributed by atoms with Gasteiger partial charge in [-0.1, -0.05) is 71.9 Å². The predicted octanol–water partition coefficient (Wildman–Crippen LogP) is 12.2. The van der Waals surface area contributed by atoms with Gasteiger partial charge in [-0.05, 0) is 141 Å². The van der Waals surface area contributed by atoms with Crippen molar-refractivity contribution in [1.82, 2.24) is 29.5 Å². The van der Waals surface area contributed by atoms with Crippen molar-refractivity contribution in [3.63, 3.8) is 0 Å². The molecule has 0 unspecified atom stereocenters. The van der Waals surface area contributed by atoms with Gasteiger partial charge in [0.05, 0.1) is 63.4 Å². The van der Waals surface area contributed by atoms with Gasteiger partial charge in [0, 0.05) is 46.0 Å². The summed E-state index contributed by atoms with van der Waals surface area (Å²) in [7, 11) is -2.28. The van der Waals surface area contributed by atoms with Crippen LogP contribution in [0.1, 0.15) is 52.9 Å². The third-order valence-electron chi connectivity index (χ3n) is 10.4. The molecule has 0 radical (unpaired) electrons. The van der Waals surface area contributed by atoms with Gasteiger partial charge in [-0.3, -0.25) is 14.7 Å². The van der Waals surface area contributed by atoms with Gasteiger partial charge < -0.3 is 19.9 Å². The van der Waals surface area contributed by atoms with E-state index in [1.54, 1.807) is 52.1 Å². The van der Waals surface area contributed by atoms with E-state index in [4.69, 9.17) is 30.6 Å². The van der Waals surface area contributed by atoms with Crippen molar-refractivity contribution in [1.29, 1.82) is 0 Å². The minimum atomic E-state index is -3.81. The third kappa shape index (κ3) is 16.3. The normalized spacial score (nSPS) is 11.3. The first-order chi connectivity index (χ1) is 35.3. The van der Waals surface area contributed by atoms with Gasteiger partial charge in [-0.15, -0.1) is 0 Å². The molecule has 0 aliphatic heterocycles. The molecular formula is C56H63ClN8O7S2. The van der Waals surface area contributed by atoms with E-state index in [2.05, 4.69) is 52.6 Å². The van der Waals surface area contributed by atoms with Crippen LogP contribution in [0.15, 0.2) is 174 Å². The van der Waals surface area contributed by atoms with E-state index >= 15 is 0 Å². The summed E-state index contributed by atoms with van der Waals surface area (Å²) in [6.45, 7) is 18.2. The maximum Gasteiger partial charge on any atom is 0.263 e. The van der Waals surface area contributed by atoms with Crippen LogP contribution < -0.4 is 24.7 Å². The van der Waals surface area contributed by atoms with E-state index in [1.807, 2.05) is 125 Å². The number of anilines is 2. The molecule has 9 aromatic rings. The summed E-state index contributed by atoms with van der Waals surface area (Å²) in [5, 5.41) is 10.8. The molecule has 0 bridgehead atoms. The number of nitrogen functional groups attached to an aromatic ring is 1. The molecule has 0 atom stereocenters. The fourth-order valence-corrected chi connectivity index (χ4v) is 8.73. The summed E-state index contributed by atoms with van der Waals surface area (Å²) in [4.78, 5) is 8.92. The zero-order chi connectivity index (χ0) is 53.4. The number of nitrogens with two attached hydrogens (primary N) is 1. The smallest absolute Gasteiger partial charge is 0.263 e. The number of fused-ring (bicyclic) bond motifs is 2. The number of para-hydroxylation sites is 1. The Labute approximate surface area is 438 Å². The van der Waals surface area contributed by atoms with E-state index in [9.17, 15) is 16.8 Å². The minimum absolute atomic E-state index is 0.0843. The van der Waals surface area contributed by atoms with Gasteiger partial charge >= 0.3 is 0 Å². The molecule has 0 saturated heterocycles. The second kappa shape index (κ2) is 26.0. The lowest BCUT2D eigenvalue weighted by Gasteiger charge is -2.13. The van der Waals surface area contributed by atoms with Crippen LogP contribution in [0.4, 0.5) is 11.6 Å². The number of rotatable bonds is 15. The highest BCUT2D eigenvalue weighted by Crippen LogP contribution is 2.28. The Morgan fingerprint density at radius 1 is 0.527 bits per heavy atom. The van der Waals surface area contributed by atoms with Crippen LogP contribution in [-0.4, -0.2) is 66.2 Å². The molecule has 18 heteroatoms. The number of sulfonamides is 1. The molecule has 3 N–H and O–H groups in total. The van der Waals surface area contributed by atoms with Crippen molar-refractivity contribution in [3.8, 4) is 28.6 Å². The standard InChI is InChI=1S/C23H24N4O3S.C13H12N4.C10H13ClO3S.C10H14O/c1-16(2)15-30-18-9-11-19(12-10-18)31(28,29)26-23-14-17(3)25-27(23)22-8-4-7-21-20(22)6-5-13-24-21;1-9-8-13(14)17(16-9)12-6-2-5-11-10(12)4-3-7-15-11;1-8(2)7-14-9-3-5-10(6-4-9)15(11,12)13;1-9(2)8-11-10-6-4-3-5-7-10/h4-14,16,26H,15H2,1-3H3;2-8H,14H2,1H3;3-6,8H,7H2,1-2H3;3-7,9H,8H2,1-2H3. The fourth-order valence-electron chi connectivity index (χ4n) is 6.93. The summed E-state index contributed by atoms with van der Waals surface area (Å²) >= 11 is 0. The summed E-state index contributed by atoms with van der Waals surface area (Å²) in [5.41, 5.74) is 11.0. The van der Waals surface area contributed by atoms with Crippen LogP contribution in [-0.2, 0) is 19.1 Å². The molecule has 4 heterocycles. The lowest BCUT2D eigenvalue weighted by atomic mass is 10.2. The molecule has 388 valence electrons. The Balaban J connectivity index is 0.000000175. The summed E-state index contributed by atoms with van der Waals surface area (Å²) < 4.78 is 70.4. The first-order valence-corrected chi connectivity index (χ1v) is 27.7. The van der Waals surface area contributed by atoms with Crippen LogP contribution in [0.5, 0.6) is 17.2 Å². The maximum absolute atomic E-state index is 13.0. The lowest BCUT2D eigenvalue weighted by molar-refractivity contribution is 0.271. The Hall–Kier alpha value is -7.47. The van der Waals surface area contributed by atoms with Gasteiger partial charge in [0.15, 0.2) is 0 Å². The highest BCUT2D eigenvalue weighted by atomic mass is 35.7. The average Bonchev–Trinajstić information content (AvgIpc) is 3.92. The van der Waals surface area contributed by atoms with E-state index in [0.717, 1.165) is 51.2 Å². The minimum Gasteiger partial charge on any atom is -0.493 e. The van der Waals surface area contributed by atoms with Crippen molar-refractivity contribution in [3.05, 3.63) is 175 Å². The number of hydrogen-bond donors (Lipinski definition) is 2. The highest BCUT2D eigenvalue weighted by Gasteiger charge is 2.20. The number of pyridine rings is 2. The second-order valence-corrected chi connectivity index (χ2v) is 22.6. The SMILES string of the molecule is CC(C)COc1ccc(S(=O)(=O)Cl)cc1.CC(C)COc1ccccc1.Cc1cc(N)n(-c2cccc3ncccc23)n1.Cc1cc(NS(=O)(=O)c2ccc(OCC(C)C)cc2)n(-c2cccc3ncccc23)n1. The van der Waals surface area contributed by atoms with Crippen LogP contribution in [0.3, 0.4) is 0 Å². The number of ether oxygens (including phenoxy) is 3. The van der Waals surface area contributed by atoms with Crippen LogP contribution >= 0.6 is 10.7 Å². The van der Waals surface area contributed by atoms with Gasteiger partial charge in [-0.2, -0.15) is 10.2 Å². The Morgan fingerprint density at radius 2 is 0.959 bits per heavy atom. The van der Waals surface area contributed by atoms with Crippen molar-refractivity contribution in [2.45, 2.75) is 65.2 Å². The Morgan fingerprint density at radius 3 is 1.41 bits per heavy atom. The summed E-state index contributed by atoms with van der Waals surface area (Å²) in [6.07, 6.45) is 3.50. The summed E-state index contributed by atoms with van der Waals surface area (Å²) in [6, 6.07) is 45.2. The molecule has 5 aromatic carbocycles. The molecular weight excluding hydrogens is 996 g/mol. The van der Waals surface area contributed by atoms with Gasteiger partial charge in [0.25, 0.3) is 19.1 Å². The molecule has 0 amide bonds. The predicted molar refractivity (Wildman–Crippen MR) is 296 cm³/mol. The topological polar surface area (TPSA) is 195 Å². The number of aromatic nitrogens is 6. The van der Waals surface area contributed by atoms with Crippen LogP contribution in [0.25, 0.3) is 33.2 Å². The number of hydrogen-bond acceptors (Lipinski definition) is 12. The maximum atomic E-state index is 13.0. The average molecular weight is 1060 g/mol. The molecule has 4 aromatic heterocycles. The van der Waals surface area contributed by atoms with E-state index < -0.39 is 19.1 Å². The van der Waals surface area contributed by atoms with E-state index in [1.165, 1.54) is 24.3 Å². The quantitative estimate of drug-likeness (QED) is 0.0924. The molecule has 15 nitrogen and oxygen atoms in total. The highest BCUT2D eigenvalue weighted by molar-refractivity contribution is 8.13. The summed E-state index contributed by atoms with van der Waals surface area (Å²) in [5.74, 6) is 4.65. The monoisotopic (exact) mass is 1060 g/mol. The van der Waals surface area contributed by atoms with Crippen molar-refractivity contribution >= 4 is 63.2 Å². The van der Waals surface area contributed by atoms with Crippen LogP contribution in [0, 0.1) is 31.6 Å². The van der Waals surface area contributed by atoms with Gasteiger partial charge in [0.2, 0.25) is 0 Å². The third-order valence-corrected chi connectivity index (χ3v) is 13.1. The lowest BCUT2D eigenvalue weighted by Crippen LogP contribution is -2.16. The largest absolute Gasteiger partial charge is 0.493 e. The number of nitrogens with one attached hydrogen (secondary N) is 1. The van der Waals surface area contributed by atoms with Crippen molar-refractivity contribution in [2.75, 3.05) is 30.3 Å². The Bertz CT molecular complexity index is 3430. The number of halogens is 1. The van der Waals surface area contributed by atoms with Crippen molar-refractivity contribution < 1.29 is 31.0 Å². The molecule has 0 fully saturated rings. The van der Waals surface area contributed by atoms with Crippen molar-refractivity contribution in [2.24, 2.45) is 17.8 Å². The first kappa shape index (κ1) is 55.8. The number of benzene rings is 5. The molecule has 0 aliphatic carbocycles. The second-order valence-electron chi connectivity index (χ2n) is 18.3. The van der Waals surface area contributed by atoms with Gasteiger partial charge in [-0.25, -0.2) is 26.2 Å². The van der Waals surface area contributed by atoms with E-state index in [-0.39, 0.29) is 9.79 Å². The fraction of sp³-hybridized carbons (Fsp3) is 0.250. The molecule has 74 heavy (non-hydrogen) atoms. The number of nitrogens with zero attached hydrogens (tertiary/aromatic N) is 6. The molecule has 9 rings (SSSR count). The first-order valence-electron chi connectivity index (χ1n) is 24.0. The number of aryl methyl sites for hydroxylation is 2. The zero-order valence-corrected chi connectivity index (χ0v) is 45.1. The zero-order valence-electron chi connectivity index (χ0n) is 42.8. The van der Waals surface area contributed by atoms with E-state index in [0.29, 0.717) is 59.8 Å².